The Bertz CT molecular complexity index is 947. The Morgan fingerprint density at radius 1 is 1.27 bits per heavy atom. The summed E-state index contributed by atoms with van der Waals surface area (Å²) in [5.74, 6) is 0.917. The van der Waals surface area contributed by atoms with Gasteiger partial charge >= 0.3 is 0 Å². The number of benzene rings is 1. The van der Waals surface area contributed by atoms with E-state index in [1.165, 1.54) is 0 Å². The average molecular weight is 355 g/mol. The predicted molar refractivity (Wildman–Crippen MR) is 93.3 cm³/mol. The molecule has 0 radical (unpaired) electrons. The summed E-state index contributed by atoms with van der Waals surface area (Å²) in [6.07, 6.45) is -0.251. The van der Waals surface area contributed by atoms with Crippen LogP contribution in [0.2, 0.25) is 0 Å². The SMILES string of the molecule is Cc1nnc([C@H]2CN(C(=O)Cc3nn(C)c4ccccc34)C[C@@H](C)O2)o1. The van der Waals surface area contributed by atoms with Gasteiger partial charge in [0.1, 0.15) is 0 Å². The summed E-state index contributed by atoms with van der Waals surface area (Å²) >= 11 is 0. The molecule has 136 valence electrons. The number of hydrogen-bond donors (Lipinski definition) is 0. The number of ether oxygens (including phenoxy) is 1. The number of nitrogens with zero attached hydrogens (tertiary/aromatic N) is 5. The summed E-state index contributed by atoms with van der Waals surface area (Å²) in [6, 6.07) is 7.93. The van der Waals surface area contributed by atoms with Crippen LogP contribution in [0.3, 0.4) is 0 Å². The van der Waals surface area contributed by atoms with Gasteiger partial charge in [-0.25, -0.2) is 0 Å². The van der Waals surface area contributed by atoms with Crippen molar-refractivity contribution in [1.29, 1.82) is 0 Å². The van der Waals surface area contributed by atoms with Gasteiger partial charge < -0.3 is 14.1 Å². The highest BCUT2D eigenvalue weighted by Gasteiger charge is 2.32. The van der Waals surface area contributed by atoms with Crippen LogP contribution in [0.1, 0.15) is 30.5 Å². The van der Waals surface area contributed by atoms with Crippen molar-refractivity contribution in [1.82, 2.24) is 24.9 Å². The van der Waals surface area contributed by atoms with Crippen molar-refractivity contribution in [3.05, 3.63) is 41.7 Å². The molecular weight excluding hydrogens is 334 g/mol. The fraction of sp³-hybridized carbons (Fsp3) is 0.444. The standard InChI is InChI=1S/C18H21N5O3/c1-11-9-23(10-16(25-11)18-20-19-12(2)26-18)17(24)8-14-13-6-4-5-7-15(13)22(3)21-14/h4-7,11,16H,8-10H2,1-3H3/t11-,16-/m1/s1. The Morgan fingerprint density at radius 2 is 2.08 bits per heavy atom. The molecule has 8 heteroatoms. The lowest BCUT2D eigenvalue weighted by atomic mass is 10.1. The van der Waals surface area contributed by atoms with Crippen LogP contribution in [0.5, 0.6) is 0 Å². The van der Waals surface area contributed by atoms with Crippen LogP contribution in [-0.2, 0) is 23.0 Å². The first-order chi connectivity index (χ1) is 12.5. The van der Waals surface area contributed by atoms with Crippen LogP contribution in [0.4, 0.5) is 0 Å². The fourth-order valence-electron chi connectivity index (χ4n) is 3.41. The molecule has 0 aliphatic carbocycles. The zero-order chi connectivity index (χ0) is 18.3. The van der Waals surface area contributed by atoms with E-state index in [0.29, 0.717) is 24.9 Å². The monoisotopic (exact) mass is 355 g/mol. The van der Waals surface area contributed by atoms with E-state index < -0.39 is 6.10 Å². The molecule has 2 atom stereocenters. The minimum Gasteiger partial charge on any atom is -0.423 e. The van der Waals surface area contributed by atoms with Crippen molar-refractivity contribution in [2.75, 3.05) is 13.1 Å². The maximum Gasteiger partial charge on any atom is 0.247 e. The molecule has 4 rings (SSSR count). The molecule has 26 heavy (non-hydrogen) atoms. The number of aryl methyl sites for hydroxylation is 2. The molecule has 3 aromatic rings. The summed E-state index contributed by atoms with van der Waals surface area (Å²) in [5, 5.41) is 13.4. The van der Waals surface area contributed by atoms with Crippen molar-refractivity contribution in [3.63, 3.8) is 0 Å². The first-order valence-electron chi connectivity index (χ1n) is 8.65. The highest BCUT2D eigenvalue weighted by Crippen LogP contribution is 2.25. The first kappa shape index (κ1) is 16.7. The number of carbonyl (C=O) groups is 1. The normalized spacial score (nSPS) is 20.7. The summed E-state index contributed by atoms with van der Waals surface area (Å²) in [7, 11) is 1.89. The summed E-state index contributed by atoms with van der Waals surface area (Å²) in [4.78, 5) is 14.7. The lowest BCUT2D eigenvalue weighted by molar-refractivity contribution is -0.145. The smallest absolute Gasteiger partial charge is 0.247 e. The molecule has 1 saturated heterocycles. The molecular formula is C18H21N5O3. The van der Waals surface area contributed by atoms with Gasteiger partial charge in [0.2, 0.25) is 17.7 Å². The van der Waals surface area contributed by atoms with Gasteiger partial charge in [-0.15, -0.1) is 10.2 Å². The van der Waals surface area contributed by atoms with E-state index in [-0.39, 0.29) is 18.4 Å². The number of aromatic nitrogens is 4. The Labute approximate surface area is 150 Å². The molecule has 0 N–H and O–H groups in total. The molecule has 2 aromatic heterocycles. The van der Waals surface area contributed by atoms with E-state index >= 15 is 0 Å². The second-order valence-corrected chi connectivity index (χ2v) is 6.66. The van der Waals surface area contributed by atoms with Crippen molar-refractivity contribution >= 4 is 16.8 Å². The number of para-hydroxylation sites is 1. The van der Waals surface area contributed by atoms with Gasteiger partial charge in [0, 0.05) is 25.9 Å². The molecule has 0 spiro atoms. The maximum atomic E-state index is 12.9. The van der Waals surface area contributed by atoms with Crippen molar-refractivity contribution < 1.29 is 13.9 Å². The first-order valence-corrected chi connectivity index (χ1v) is 8.65. The third-order valence-electron chi connectivity index (χ3n) is 4.58. The van der Waals surface area contributed by atoms with Crippen LogP contribution in [0.25, 0.3) is 10.9 Å². The van der Waals surface area contributed by atoms with Crippen LogP contribution >= 0.6 is 0 Å². The minimum atomic E-state index is -0.399. The van der Waals surface area contributed by atoms with Gasteiger partial charge in [0.15, 0.2) is 6.10 Å². The predicted octanol–water partition coefficient (Wildman–Crippen LogP) is 1.80. The van der Waals surface area contributed by atoms with Crippen molar-refractivity contribution in [2.24, 2.45) is 7.05 Å². The maximum absolute atomic E-state index is 12.9. The molecule has 0 bridgehead atoms. The van der Waals surface area contributed by atoms with Crippen LogP contribution < -0.4 is 0 Å². The molecule has 1 aliphatic rings. The summed E-state index contributed by atoms with van der Waals surface area (Å²) in [5.41, 5.74) is 1.81. The third-order valence-corrected chi connectivity index (χ3v) is 4.58. The zero-order valence-corrected chi connectivity index (χ0v) is 15.0. The molecule has 3 heterocycles. The van der Waals surface area contributed by atoms with E-state index in [9.17, 15) is 4.79 Å². The molecule has 1 amide bonds. The van der Waals surface area contributed by atoms with E-state index in [2.05, 4.69) is 15.3 Å². The lowest BCUT2D eigenvalue weighted by Gasteiger charge is -2.35. The minimum absolute atomic E-state index is 0.0187. The second kappa shape index (κ2) is 6.53. The van der Waals surface area contributed by atoms with Gasteiger partial charge in [0.05, 0.1) is 30.3 Å². The van der Waals surface area contributed by atoms with Crippen LogP contribution in [-0.4, -0.2) is 50.0 Å². The fourth-order valence-corrected chi connectivity index (χ4v) is 3.41. The molecule has 0 unspecified atom stereocenters. The van der Waals surface area contributed by atoms with E-state index in [4.69, 9.17) is 9.15 Å². The summed E-state index contributed by atoms with van der Waals surface area (Å²) in [6.45, 7) is 4.60. The Balaban J connectivity index is 1.53. The molecule has 0 saturated carbocycles. The van der Waals surface area contributed by atoms with Crippen LogP contribution in [0.15, 0.2) is 28.7 Å². The topological polar surface area (TPSA) is 86.3 Å². The third kappa shape index (κ3) is 3.08. The van der Waals surface area contributed by atoms with Gasteiger partial charge in [-0.3, -0.25) is 9.48 Å². The number of rotatable bonds is 3. The Kier molecular flexibility index (Phi) is 4.20. The van der Waals surface area contributed by atoms with Crippen molar-refractivity contribution in [3.8, 4) is 0 Å². The number of amides is 1. The van der Waals surface area contributed by atoms with E-state index in [1.807, 2.05) is 42.9 Å². The van der Waals surface area contributed by atoms with Gasteiger partial charge in [-0.05, 0) is 13.0 Å². The number of carbonyl (C=O) groups excluding carboxylic acids is 1. The molecule has 1 aliphatic heterocycles. The summed E-state index contributed by atoms with van der Waals surface area (Å²) < 4.78 is 13.2. The van der Waals surface area contributed by atoms with E-state index in [1.54, 1.807) is 11.8 Å². The highest BCUT2D eigenvalue weighted by molar-refractivity contribution is 5.87. The zero-order valence-electron chi connectivity index (χ0n) is 15.0. The van der Waals surface area contributed by atoms with Gasteiger partial charge in [0.25, 0.3) is 0 Å². The van der Waals surface area contributed by atoms with E-state index in [0.717, 1.165) is 16.6 Å². The van der Waals surface area contributed by atoms with Crippen molar-refractivity contribution in [2.45, 2.75) is 32.5 Å². The second-order valence-electron chi connectivity index (χ2n) is 6.66. The molecule has 1 fully saturated rings. The number of hydrogen-bond acceptors (Lipinski definition) is 6. The van der Waals surface area contributed by atoms with Gasteiger partial charge in [-0.1, -0.05) is 18.2 Å². The quantitative estimate of drug-likeness (QED) is 0.712. The highest BCUT2D eigenvalue weighted by atomic mass is 16.5. The molecule has 1 aromatic carbocycles. The lowest BCUT2D eigenvalue weighted by Crippen LogP contribution is -2.46. The van der Waals surface area contributed by atoms with Gasteiger partial charge in [-0.2, -0.15) is 5.10 Å². The Morgan fingerprint density at radius 3 is 2.85 bits per heavy atom. The number of fused-ring (bicyclic) bond motifs is 1. The Hall–Kier alpha value is -2.74. The number of morpholine rings is 1. The molecule has 8 nitrogen and oxygen atoms in total. The average Bonchev–Trinajstić information content (AvgIpc) is 3.19. The van der Waals surface area contributed by atoms with Crippen LogP contribution in [0, 0.1) is 6.92 Å². The largest absolute Gasteiger partial charge is 0.423 e.